The number of anilines is 2. The molecule has 1 aromatic heterocycles. The number of nitrogens with zero attached hydrogens (tertiary/aromatic N) is 2. The maximum absolute atomic E-state index is 13.0. The second-order valence-corrected chi connectivity index (χ2v) is 8.35. The van der Waals surface area contributed by atoms with Crippen LogP contribution < -0.4 is 20.1 Å². The zero-order valence-corrected chi connectivity index (χ0v) is 20.4. The second-order valence-electron chi connectivity index (χ2n) is 8.35. The van der Waals surface area contributed by atoms with Crippen LogP contribution in [0.25, 0.3) is 0 Å². The van der Waals surface area contributed by atoms with Gasteiger partial charge in [0.25, 0.3) is 5.91 Å². The molecule has 1 aliphatic rings. The SMILES string of the molecule is CCOc1cc(NC(=O)c2ccccc2)c(OCC)cc1NC(=O)CN1CCn2cccc2C1C. The van der Waals surface area contributed by atoms with E-state index in [4.69, 9.17) is 9.47 Å². The molecule has 35 heavy (non-hydrogen) atoms. The quantitative estimate of drug-likeness (QED) is 0.473. The van der Waals surface area contributed by atoms with Gasteiger partial charge in [-0.2, -0.15) is 0 Å². The molecule has 1 atom stereocenters. The first-order valence-electron chi connectivity index (χ1n) is 12.0. The maximum atomic E-state index is 13.0. The van der Waals surface area contributed by atoms with Crippen molar-refractivity contribution in [3.8, 4) is 11.5 Å². The highest BCUT2D eigenvalue weighted by atomic mass is 16.5. The van der Waals surface area contributed by atoms with Crippen molar-refractivity contribution in [2.75, 3.05) is 36.9 Å². The van der Waals surface area contributed by atoms with Crippen molar-refractivity contribution in [3.05, 3.63) is 72.1 Å². The lowest BCUT2D eigenvalue weighted by Crippen LogP contribution is -2.41. The number of hydrogen-bond acceptors (Lipinski definition) is 5. The minimum Gasteiger partial charge on any atom is -0.492 e. The Bertz CT molecular complexity index is 1180. The summed E-state index contributed by atoms with van der Waals surface area (Å²) in [5.41, 5.74) is 2.72. The van der Waals surface area contributed by atoms with Crippen molar-refractivity contribution < 1.29 is 19.1 Å². The number of benzene rings is 2. The van der Waals surface area contributed by atoms with Crippen molar-refractivity contribution >= 4 is 23.2 Å². The van der Waals surface area contributed by atoms with Gasteiger partial charge in [-0.25, -0.2) is 0 Å². The van der Waals surface area contributed by atoms with Crippen LogP contribution in [0.2, 0.25) is 0 Å². The van der Waals surface area contributed by atoms with Crippen molar-refractivity contribution in [1.29, 1.82) is 0 Å². The van der Waals surface area contributed by atoms with Gasteiger partial charge in [-0.15, -0.1) is 0 Å². The van der Waals surface area contributed by atoms with Crippen LogP contribution in [0.5, 0.6) is 11.5 Å². The Hall–Kier alpha value is -3.78. The lowest BCUT2D eigenvalue weighted by molar-refractivity contribution is -0.118. The predicted octanol–water partition coefficient (Wildman–Crippen LogP) is 4.55. The van der Waals surface area contributed by atoms with E-state index >= 15 is 0 Å². The van der Waals surface area contributed by atoms with Gasteiger partial charge in [-0.3, -0.25) is 14.5 Å². The molecule has 1 aliphatic heterocycles. The van der Waals surface area contributed by atoms with E-state index in [2.05, 4.69) is 39.3 Å². The van der Waals surface area contributed by atoms with E-state index in [1.807, 2.05) is 38.1 Å². The third-order valence-electron chi connectivity index (χ3n) is 6.05. The second kappa shape index (κ2) is 11.1. The van der Waals surface area contributed by atoms with E-state index in [1.165, 1.54) is 5.69 Å². The fourth-order valence-electron chi connectivity index (χ4n) is 4.31. The Labute approximate surface area is 205 Å². The molecule has 0 aliphatic carbocycles. The highest BCUT2D eigenvalue weighted by molar-refractivity contribution is 6.05. The topological polar surface area (TPSA) is 84.8 Å². The number of ether oxygens (including phenoxy) is 2. The summed E-state index contributed by atoms with van der Waals surface area (Å²) in [6.07, 6.45) is 2.07. The van der Waals surface area contributed by atoms with Gasteiger partial charge in [0.2, 0.25) is 5.91 Å². The first kappa shape index (κ1) is 24.3. The molecular formula is C27H32N4O4. The smallest absolute Gasteiger partial charge is 0.255 e. The van der Waals surface area contributed by atoms with Crippen molar-refractivity contribution in [3.63, 3.8) is 0 Å². The average molecular weight is 477 g/mol. The third kappa shape index (κ3) is 5.66. The molecule has 1 unspecified atom stereocenters. The van der Waals surface area contributed by atoms with E-state index in [0.717, 1.165) is 13.1 Å². The number of carbonyl (C=O) groups excluding carboxylic acids is 2. The van der Waals surface area contributed by atoms with Crippen LogP contribution in [0.1, 0.15) is 42.9 Å². The molecule has 8 nitrogen and oxygen atoms in total. The zero-order valence-electron chi connectivity index (χ0n) is 20.4. The highest BCUT2D eigenvalue weighted by Crippen LogP contribution is 2.37. The Balaban J connectivity index is 1.53. The highest BCUT2D eigenvalue weighted by Gasteiger charge is 2.25. The van der Waals surface area contributed by atoms with E-state index < -0.39 is 0 Å². The van der Waals surface area contributed by atoms with Crippen LogP contribution in [0.15, 0.2) is 60.8 Å². The number of rotatable bonds is 9. The molecule has 2 amide bonds. The minimum absolute atomic E-state index is 0.138. The van der Waals surface area contributed by atoms with E-state index in [0.29, 0.717) is 41.7 Å². The van der Waals surface area contributed by atoms with Crippen LogP contribution in [-0.4, -0.2) is 47.6 Å². The van der Waals surface area contributed by atoms with Crippen molar-refractivity contribution in [1.82, 2.24) is 9.47 Å². The summed E-state index contributed by atoms with van der Waals surface area (Å²) in [6, 6.07) is 16.6. The average Bonchev–Trinajstić information content (AvgIpc) is 3.34. The van der Waals surface area contributed by atoms with Crippen LogP contribution in [0.3, 0.4) is 0 Å². The standard InChI is InChI=1S/C27H32N4O4/c1-4-34-24-17-22(29-27(33)20-10-7-6-8-11-20)25(35-5-2)16-21(24)28-26(32)18-31-15-14-30-13-9-12-23(30)19(31)3/h6-13,16-17,19H,4-5,14-15,18H2,1-3H3,(H,28,32)(H,29,33). The number of aromatic nitrogens is 1. The van der Waals surface area contributed by atoms with Gasteiger partial charge in [-0.05, 0) is 45.0 Å². The number of amides is 2. The predicted molar refractivity (Wildman–Crippen MR) is 136 cm³/mol. The van der Waals surface area contributed by atoms with Gasteiger partial charge in [0.05, 0.1) is 31.1 Å². The monoisotopic (exact) mass is 476 g/mol. The molecule has 0 saturated carbocycles. The molecule has 2 heterocycles. The summed E-state index contributed by atoms with van der Waals surface area (Å²) in [6.45, 7) is 8.57. The summed E-state index contributed by atoms with van der Waals surface area (Å²) >= 11 is 0. The molecule has 8 heteroatoms. The number of fused-ring (bicyclic) bond motifs is 1. The molecule has 0 radical (unpaired) electrons. The van der Waals surface area contributed by atoms with Crippen molar-refractivity contribution in [2.45, 2.75) is 33.4 Å². The first-order chi connectivity index (χ1) is 17.0. The molecule has 3 aromatic rings. The van der Waals surface area contributed by atoms with E-state index in [-0.39, 0.29) is 24.4 Å². The Kier molecular flexibility index (Phi) is 7.72. The number of carbonyl (C=O) groups is 2. The van der Waals surface area contributed by atoms with E-state index in [1.54, 1.807) is 24.3 Å². The lowest BCUT2D eigenvalue weighted by atomic mass is 10.1. The molecule has 2 N–H and O–H groups in total. The summed E-state index contributed by atoms with van der Waals surface area (Å²) in [7, 11) is 0. The molecular weight excluding hydrogens is 444 g/mol. The largest absolute Gasteiger partial charge is 0.492 e. The Morgan fingerprint density at radius 1 is 0.914 bits per heavy atom. The van der Waals surface area contributed by atoms with Gasteiger partial charge < -0.3 is 24.7 Å². The van der Waals surface area contributed by atoms with Gasteiger partial charge in [0.1, 0.15) is 11.5 Å². The fraction of sp³-hybridized carbons (Fsp3) is 0.333. The number of nitrogens with one attached hydrogen (secondary N) is 2. The van der Waals surface area contributed by atoms with Crippen LogP contribution in [-0.2, 0) is 11.3 Å². The third-order valence-corrected chi connectivity index (χ3v) is 6.05. The van der Waals surface area contributed by atoms with Gasteiger partial charge in [0, 0.05) is 48.7 Å². The zero-order chi connectivity index (χ0) is 24.8. The minimum atomic E-state index is -0.255. The van der Waals surface area contributed by atoms with Gasteiger partial charge in [0.15, 0.2) is 0 Å². The lowest BCUT2D eigenvalue weighted by Gasteiger charge is -2.34. The maximum Gasteiger partial charge on any atom is 0.255 e. The molecule has 0 saturated heterocycles. The molecule has 0 bridgehead atoms. The van der Waals surface area contributed by atoms with Crippen LogP contribution >= 0.6 is 0 Å². The summed E-state index contributed by atoms with van der Waals surface area (Å²) in [5.74, 6) is 0.531. The number of hydrogen-bond donors (Lipinski definition) is 2. The first-order valence-corrected chi connectivity index (χ1v) is 12.0. The van der Waals surface area contributed by atoms with Crippen LogP contribution in [0, 0.1) is 0 Å². The summed E-state index contributed by atoms with van der Waals surface area (Å²) < 4.78 is 13.8. The van der Waals surface area contributed by atoms with Gasteiger partial charge in [-0.1, -0.05) is 18.2 Å². The van der Waals surface area contributed by atoms with Crippen LogP contribution in [0.4, 0.5) is 11.4 Å². The molecule has 0 spiro atoms. The fourth-order valence-corrected chi connectivity index (χ4v) is 4.31. The molecule has 0 fully saturated rings. The van der Waals surface area contributed by atoms with E-state index in [9.17, 15) is 9.59 Å². The summed E-state index contributed by atoms with van der Waals surface area (Å²) in [5, 5.41) is 5.89. The normalized spacial score (nSPS) is 15.2. The molecule has 184 valence electrons. The Morgan fingerprint density at radius 2 is 1.57 bits per heavy atom. The van der Waals surface area contributed by atoms with Crippen molar-refractivity contribution in [2.24, 2.45) is 0 Å². The Morgan fingerprint density at radius 3 is 2.23 bits per heavy atom. The molecule has 4 rings (SSSR count). The molecule has 2 aromatic carbocycles. The summed E-state index contributed by atoms with van der Waals surface area (Å²) in [4.78, 5) is 27.9. The van der Waals surface area contributed by atoms with Gasteiger partial charge >= 0.3 is 0 Å².